The summed E-state index contributed by atoms with van der Waals surface area (Å²) in [6.45, 7) is 6.18. The molecule has 1 spiro atoms. The van der Waals surface area contributed by atoms with E-state index < -0.39 is 0 Å². The Balaban J connectivity index is 0.876. The smallest absolute Gasteiger partial charge is 0.251 e. The fourth-order valence-corrected chi connectivity index (χ4v) is 8.89. The van der Waals surface area contributed by atoms with Crippen molar-refractivity contribution in [3.63, 3.8) is 0 Å². The van der Waals surface area contributed by atoms with Crippen molar-refractivity contribution in [1.29, 1.82) is 0 Å². The molecule has 2 aromatic carbocycles. The number of amides is 2. The molecule has 3 heterocycles. The summed E-state index contributed by atoms with van der Waals surface area (Å²) in [4.78, 5) is 45.9. The Kier molecular flexibility index (Phi) is 9.59. The Hall–Kier alpha value is -4.22. The number of methoxy groups -OCH3 is 1. The molecule has 11 heteroatoms. The number of nitrogens with zero attached hydrogens (tertiary/aromatic N) is 6. The molecule has 2 N–H and O–H groups in total. The van der Waals surface area contributed by atoms with Gasteiger partial charge < -0.3 is 25.2 Å². The Morgan fingerprint density at radius 2 is 1.69 bits per heavy atom. The van der Waals surface area contributed by atoms with Gasteiger partial charge in [0.15, 0.2) is 5.82 Å². The molecule has 5 aliphatic rings. The highest BCUT2D eigenvalue weighted by Crippen LogP contribution is 2.52. The van der Waals surface area contributed by atoms with Crippen molar-refractivity contribution < 1.29 is 14.3 Å². The first-order valence-corrected chi connectivity index (χ1v) is 19.1. The first-order chi connectivity index (χ1) is 24.9. The monoisotopic (exact) mass is 692 g/mol. The van der Waals surface area contributed by atoms with Gasteiger partial charge in [-0.3, -0.25) is 19.4 Å². The Bertz CT molecular complexity index is 1710. The fourth-order valence-electron chi connectivity index (χ4n) is 8.89. The van der Waals surface area contributed by atoms with E-state index in [9.17, 15) is 9.59 Å². The molecule has 11 nitrogen and oxygen atoms in total. The van der Waals surface area contributed by atoms with Crippen molar-refractivity contribution in [2.24, 2.45) is 5.41 Å². The van der Waals surface area contributed by atoms with E-state index in [1.54, 1.807) is 24.3 Å². The van der Waals surface area contributed by atoms with Crippen LogP contribution in [0.15, 0.2) is 54.7 Å². The molecule has 3 saturated carbocycles. The minimum atomic E-state index is -0.302. The summed E-state index contributed by atoms with van der Waals surface area (Å²) in [5.74, 6) is 1.90. The molecule has 1 saturated heterocycles. The molecular weight excluding hydrogens is 640 g/mol. The van der Waals surface area contributed by atoms with Gasteiger partial charge in [-0.2, -0.15) is 4.98 Å². The van der Waals surface area contributed by atoms with Crippen molar-refractivity contribution in [2.75, 3.05) is 62.0 Å². The number of hydrogen-bond donors (Lipinski definition) is 2. The van der Waals surface area contributed by atoms with Crippen LogP contribution in [0.1, 0.15) is 80.1 Å². The number of rotatable bonds is 9. The minimum Gasteiger partial charge on any atom is -0.495 e. The number of nitrogens with one attached hydrogen (secondary N) is 2. The number of benzene rings is 2. The molecule has 3 aromatic rings. The van der Waals surface area contributed by atoms with Crippen LogP contribution in [0.2, 0.25) is 0 Å². The maximum absolute atomic E-state index is 13.4. The molecule has 2 aliphatic heterocycles. The third-order valence-corrected chi connectivity index (χ3v) is 12.1. The van der Waals surface area contributed by atoms with E-state index in [0.29, 0.717) is 41.6 Å². The van der Waals surface area contributed by atoms with Crippen LogP contribution in [0.4, 0.5) is 23.1 Å². The van der Waals surface area contributed by atoms with Gasteiger partial charge in [-0.05, 0) is 75.1 Å². The van der Waals surface area contributed by atoms with Crippen molar-refractivity contribution in [3.8, 4) is 5.75 Å². The molecule has 0 atom stereocenters. The average Bonchev–Trinajstić information content (AvgIpc) is 3.77. The first-order valence-electron chi connectivity index (χ1n) is 19.1. The third kappa shape index (κ3) is 7.15. The fraction of sp³-hybridized carbons (Fsp3) is 0.550. The maximum Gasteiger partial charge on any atom is 0.251 e. The summed E-state index contributed by atoms with van der Waals surface area (Å²) >= 11 is 0. The molecule has 51 heavy (non-hydrogen) atoms. The van der Waals surface area contributed by atoms with Gasteiger partial charge in [0.25, 0.3) is 5.91 Å². The van der Waals surface area contributed by atoms with Gasteiger partial charge in [-0.15, -0.1) is 0 Å². The van der Waals surface area contributed by atoms with E-state index in [2.05, 4.69) is 60.6 Å². The van der Waals surface area contributed by atoms with Crippen LogP contribution in [0, 0.1) is 5.41 Å². The third-order valence-electron chi connectivity index (χ3n) is 12.1. The second-order valence-electron chi connectivity index (χ2n) is 15.4. The van der Waals surface area contributed by atoms with Crippen LogP contribution in [0.5, 0.6) is 5.75 Å². The highest BCUT2D eigenvalue weighted by molar-refractivity contribution is 6.03. The van der Waals surface area contributed by atoms with Gasteiger partial charge in [0.1, 0.15) is 11.4 Å². The van der Waals surface area contributed by atoms with Crippen molar-refractivity contribution >= 4 is 35.0 Å². The molecule has 0 unspecified atom stereocenters. The van der Waals surface area contributed by atoms with Crippen LogP contribution in [0.25, 0.3) is 0 Å². The van der Waals surface area contributed by atoms with Gasteiger partial charge in [0.2, 0.25) is 11.9 Å². The number of hydrogen-bond acceptors (Lipinski definition) is 9. The van der Waals surface area contributed by atoms with Gasteiger partial charge in [0.05, 0.1) is 24.4 Å². The molecule has 3 aliphatic carbocycles. The molecule has 270 valence electrons. The highest BCUT2D eigenvalue weighted by atomic mass is 16.5. The molecule has 4 fully saturated rings. The number of aromatic nitrogens is 2. The molecule has 0 bridgehead atoms. The highest BCUT2D eigenvalue weighted by Gasteiger charge is 2.55. The zero-order chi connectivity index (χ0) is 35.0. The zero-order valence-corrected chi connectivity index (χ0v) is 30.1. The average molecular weight is 693 g/mol. The molecule has 2 amide bonds. The first kappa shape index (κ1) is 33.9. The predicted molar refractivity (Wildman–Crippen MR) is 200 cm³/mol. The Labute approximate surface area is 301 Å². The maximum atomic E-state index is 13.4. The zero-order valence-electron chi connectivity index (χ0n) is 30.1. The summed E-state index contributed by atoms with van der Waals surface area (Å²) in [6, 6.07) is 17.4. The van der Waals surface area contributed by atoms with Crippen LogP contribution < -0.4 is 25.2 Å². The predicted octanol–water partition coefficient (Wildman–Crippen LogP) is 5.59. The van der Waals surface area contributed by atoms with E-state index in [1.807, 2.05) is 19.2 Å². The second kappa shape index (κ2) is 14.4. The lowest BCUT2D eigenvalue weighted by atomic mass is 9.89. The Morgan fingerprint density at radius 3 is 2.39 bits per heavy atom. The largest absolute Gasteiger partial charge is 0.495 e. The topological polar surface area (TPSA) is 106 Å². The lowest BCUT2D eigenvalue weighted by Gasteiger charge is -2.42. The van der Waals surface area contributed by atoms with E-state index in [1.165, 1.54) is 18.4 Å². The van der Waals surface area contributed by atoms with Gasteiger partial charge in [-0.25, -0.2) is 4.98 Å². The van der Waals surface area contributed by atoms with Crippen molar-refractivity contribution in [2.45, 2.75) is 88.9 Å². The lowest BCUT2D eigenvalue weighted by molar-refractivity contribution is -0.122. The standard InChI is InChI=1S/C40H52N8O3/c1-45-34-25-41-39(44-36(34)48(32-10-6-7-11-32)27-40(18-19-40)38(45)50)43-33-17-12-29(24-35(33)51-2)37(49)42-30-13-15-31(16-14-30)47-22-20-46(21-23-47)26-28-8-4-3-5-9-28/h3-5,8-9,12,17,24-25,30-32H,6-7,10-11,13-16,18-23,26-27H2,1-2H3,(H,42,49)(H,41,43,44)/t30-,31-. The van der Waals surface area contributed by atoms with Gasteiger partial charge in [0, 0.05) is 70.0 Å². The number of anilines is 4. The summed E-state index contributed by atoms with van der Waals surface area (Å²) < 4.78 is 5.75. The second-order valence-corrected chi connectivity index (χ2v) is 15.4. The summed E-state index contributed by atoms with van der Waals surface area (Å²) in [7, 11) is 3.46. The van der Waals surface area contributed by atoms with Crippen LogP contribution in [-0.4, -0.2) is 96.6 Å². The van der Waals surface area contributed by atoms with Crippen LogP contribution in [0.3, 0.4) is 0 Å². The van der Waals surface area contributed by atoms with Gasteiger partial charge in [-0.1, -0.05) is 43.2 Å². The number of ether oxygens (including phenoxy) is 1. The van der Waals surface area contributed by atoms with Crippen LogP contribution in [-0.2, 0) is 11.3 Å². The van der Waals surface area contributed by atoms with Crippen molar-refractivity contribution in [1.82, 2.24) is 25.1 Å². The van der Waals surface area contributed by atoms with Gasteiger partial charge >= 0.3 is 0 Å². The van der Waals surface area contributed by atoms with E-state index >= 15 is 0 Å². The van der Waals surface area contributed by atoms with Crippen molar-refractivity contribution in [3.05, 3.63) is 65.9 Å². The van der Waals surface area contributed by atoms with Crippen LogP contribution >= 0.6 is 0 Å². The summed E-state index contributed by atoms with van der Waals surface area (Å²) in [5, 5.41) is 6.65. The molecular formula is C40H52N8O3. The molecule has 0 radical (unpaired) electrons. The molecule has 1 aromatic heterocycles. The molecule has 8 rings (SSSR count). The van der Waals surface area contributed by atoms with E-state index in [0.717, 1.165) is 95.6 Å². The van der Waals surface area contributed by atoms with E-state index in [4.69, 9.17) is 9.72 Å². The Morgan fingerprint density at radius 1 is 0.941 bits per heavy atom. The number of fused-ring (bicyclic) bond motifs is 1. The number of carbonyl (C=O) groups is 2. The summed E-state index contributed by atoms with van der Waals surface area (Å²) in [5.41, 5.74) is 3.09. The van der Waals surface area contributed by atoms with E-state index in [-0.39, 0.29) is 23.3 Å². The summed E-state index contributed by atoms with van der Waals surface area (Å²) in [6.07, 6.45) is 12.5. The number of piperazine rings is 1. The normalized spacial score (nSPS) is 23.9. The quantitative estimate of drug-likeness (QED) is 0.297. The lowest BCUT2D eigenvalue weighted by Crippen LogP contribution is -2.52. The minimum absolute atomic E-state index is 0.0759. The number of carbonyl (C=O) groups excluding carboxylic acids is 2. The SMILES string of the molecule is COc1cc(C(=O)N[C@H]2CC[C@H](N3CCN(Cc4ccccc4)CC3)CC2)ccc1Nc1ncc2c(n1)N(C1CCCC1)CC1(CC1)C(=O)N2C.